The van der Waals surface area contributed by atoms with Crippen LogP contribution in [0.15, 0.2) is 45.7 Å². The highest BCUT2D eigenvalue weighted by Crippen LogP contribution is 2.22. The van der Waals surface area contributed by atoms with E-state index < -0.39 is 13.0 Å². The van der Waals surface area contributed by atoms with E-state index in [4.69, 9.17) is 0 Å². The molecule has 0 amide bonds. The van der Waals surface area contributed by atoms with E-state index in [1.165, 1.54) is 0 Å². The second-order valence-corrected chi connectivity index (χ2v) is 5.96. The highest BCUT2D eigenvalue weighted by molar-refractivity contribution is 14.1. The fourth-order valence-electron chi connectivity index (χ4n) is 1.74. The van der Waals surface area contributed by atoms with Gasteiger partial charge < -0.3 is 4.57 Å². The molecule has 0 spiro atoms. The van der Waals surface area contributed by atoms with E-state index >= 15 is 0 Å². The third kappa shape index (κ3) is 3.42. The number of halogens is 4. The van der Waals surface area contributed by atoms with Gasteiger partial charge in [-0.3, -0.25) is 4.79 Å². The van der Waals surface area contributed by atoms with E-state index in [-0.39, 0.29) is 5.56 Å². The zero-order valence-corrected chi connectivity index (χ0v) is 13.4. The average Bonchev–Trinajstić information content (AvgIpc) is 2.36. The number of rotatable bonds is 3. The van der Waals surface area contributed by atoms with Crippen molar-refractivity contribution in [2.45, 2.75) is 13.0 Å². The number of nitrogens with zero attached hydrogens (tertiary/aromatic N) is 1. The Morgan fingerprint density at radius 3 is 2.37 bits per heavy atom. The van der Waals surface area contributed by atoms with E-state index in [0.717, 1.165) is 14.6 Å². The monoisotopic (exact) mass is 439 g/mol. The van der Waals surface area contributed by atoms with Crippen molar-refractivity contribution >= 4 is 38.5 Å². The second-order valence-electron chi connectivity index (χ2n) is 3.88. The molecule has 1 heterocycles. The van der Waals surface area contributed by atoms with Crippen molar-refractivity contribution in [3.63, 3.8) is 0 Å². The molecule has 0 bridgehead atoms. The van der Waals surface area contributed by atoms with Crippen molar-refractivity contribution in [2.75, 3.05) is 0 Å². The zero-order valence-electron chi connectivity index (χ0n) is 9.62. The first-order chi connectivity index (χ1) is 8.99. The number of hydrogen-bond donors (Lipinski definition) is 0. The molecule has 0 saturated heterocycles. The first-order valence-corrected chi connectivity index (χ1v) is 7.29. The van der Waals surface area contributed by atoms with Crippen LogP contribution in [0.3, 0.4) is 0 Å². The molecular weight excluding hydrogens is 431 g/mol. The Kier molecular flexibility index (Phi) is 4.72. The van der Waals surface area contributed by atoms with Crippen LogP contribution in [0, 0.1) is 3.57 Å². The lowest BCUT2D eigenvalue weighted by Gasteiger charge is -2.13. The molecule has 2 nitrogen and oxygen atoms in total. The lowest BCUT2D eigenvalue weighted by atomic mass is 10.1. The normalized spacial score (nSPS) is 11.0. The predicted octanol–water partition coefficient (Wildman–Crippen LogP) is 4.15. The molecule has 2 rings (SSSR count). The first kappa shape index (κ1) is 14.6. The summed E-state index contributed by atoms with van der Waals surface area (Å²) in [5.74, 6) is 0. The van der Waals surface area contributed by atoms with Gasteiger partial charge in [-0.25, -0.2) is 8.78 Å². The summed E-state index contributed by atoms with van der Waals surface area (Å²) in [6.45, 7) is -0.596. The van der Waals surface area contributed by atoms with Crippen molar-refractivity contribution < 1.29 is 8.78 Å². The van der Waals surface area contributed by atoms with Crippen molar-refractivity contribution in [3.05, 3.63) is 54.8 Å². The predicted molar refractivity (Wildman–Crippen MR) is 82.6 cm³/mol. The molecule has 0 N–H and O–H groups in total. The lowest BCUT2D eigenvalue weighted by Crippen LogP contribution is -2.26. The van der Waals surface area contributed by atoms with Crippen LogP contribution in [0.4, 0.5) is 8.78 Å². The molecule has 0 atom stereocenters. The fourth-order valence-corrected chi connectivity index (χ4v) is 2.48. The van der Waals surface area contributed by atoms with Gasteiger partial charge in [-0.1, -0.05) is 28.1 Å². The Balaban J connectivity index is 2.59. The van der Waals surface area contributed by atoms with Crippen LogP contribution >= 0.6 is 38.5 Å². The summed E-state index contributed by atoms with van der Waals surface area (Å²) in [6, 6.07) is 10.5. The SMILES string of the molecule is O=c1c(I)ccc(-c2ccc(Br)cc2)n1CC(F)F. The highest BCUT2D eigenvalue weighted by atomic mass is 127. The van der Waals surface area contributed by atoms with Crippen LogP contribution in [-0.4, -0.2) is 11.0 Å². The van der Waals surface area contributed by atoms with Crippen LogP contribution in [-0.2, 0) is 6.54 Å². The number of alkyl halides is 2. The largest absolute Gasteiger partial charge is 0.302 e. The third-order valence-corrected chi connectivity index (χ3v) is 3.94. The summed E-state index contributed by atoms with van der Waals surface area (Å²) in [5.41, 5.74) is 0.844. The molecule has 0 unspecified atom stereocenters. The minimum atomic E-state index is -2.56. The highest BCUT2D eigenvalue weighted by Gasteiger charge is 2.13. The van der Waals surface area contributed by atoms with Crippen molar-refractivity contribution in [1.82, 2.24) is 4.57 Å². The maximum absolute atomic E-state index is 12.6. The van der Waals surface area contributed by atoms with Gasteiger partial charge in [0, 0.05) is 4.47 Å². The van der Waals surface area contributed by atoms with E-state index in [1.54, 1.807) is 24.3 Å². The van der Waals surface area contributed by atoms with E-state index in [9.17, 15) is 13.6 Å². The summed E-state index contributed by atoms with van der Waals surface area (Å²) < 4.78 is 27.7. The minimum absolute atomic E-state index is 0.388. The lowest BCUT2D eigenvalue weighted by molar-refractivity contribution is 0.126. The minimum Gasteiger partial charge on any atom is -0.302 e. The zero-order chi connectivity index (χ0) is 14.0. The summed E-state index contributed by atoms with van der Waals surface area (Å²) in [7, 11) is 0. The topological polar surface area (TPSA) is 22.0 Å². The molecular formula is C13H9BrF2INO. The fraction of sp³-hybridized carbons (Fsp3) is 0.154. The Morgan fingerprint density at radius 2 is 1.79 bits per heavy atom. The summed E-state index contributed by atoms with van der Waals surface area (Å²) >= 11 is 5.17. The van der Waals surface area contributed by atoms with Gasteiger partial charge in [-0.15, -0.1) is 0 Å². The van der Waals surface area contributed by atoms with E-state index in [2.05, 4.69) is 15.9 Å². The van der Waals surface area contributed by atoms with Crippen molar-refractivity contribution in [3.8, 4) is 11.3 Å². The van der Waals surface area contributed by atoms with E-state index in [0.29, 0.717) is 9.26 Å². The molecule has 100 valence electrons. The second kappa shape index (κ2) is 6.13. The molecule has 1 aromatic carbocycles. The van der Waals surface area contributed by atoms with Gasteiger partial charge in [0.05, 0.1) is 15.8 Å². The Bertz CT molecular complexity index is 640. The quantitative estimate of drug-likeness (QED) is 0.658. The molecule has 0 aliphatic rings. The van der Waals surface area contributed by atoms with Gasteiger partial charge in [0.25, 0.3) is 12.0 Å². The molecule has 0 aliphatic carbocycles. The molecule has 0 radical (unpaired) electrons. The Hall–Kier alpha value is -0.760. The van der Waals surface area contributed by atoms with Gasteiger partial charge >= 0.3 is 0 Å². The summed E-state index contributed by atoms with van der Waals surface area (Å²) in [4.78, 5) is 12.0. The Morgan fingerprint density at radius 1 is 1.16 bits per heavy atom. The molecule has 0 fully saturated rings. The Labute approximate surface area is 130 Å². The third-order valence-electron chi connectivity index (χ3n) is 2.59. The average molecular weight is 440 g/mol. The van der Waals surface area contributed by atoms with Crippen LogP contribution in [0.25, 0.3) is 11.3 Å². The number of aromatic nitrogens is 1. The van der Waals surface area contributed by atoms with E-state index in [1.807, 2.05) is 34.7 Å². The number of benzene rings is 1. The number of pyridine rings is 1. The van der Waals surface area contributed by atoms with Gasteiger partial charge in [-0.2, -0.15) is 0 Å². The van der Waals surface area contributed by atoms with Gasteiger partial charge in [0.15, 0.2) is 0 Å². The molecule has 6 heteroatoms. The standard InChI is InChI=1S/C13H9BrF2INO/c14-9-3-1-8(2-4-9)11-6-5-10(17)13(19)18(11)7-12(15)16/h1-6,12H,7H2. The smallest absolute Gasteiger partial charge is 0.264 e. The molecule has 19 heavy (non-hydrogen) atoms. The van der Waals surface area contributed by atoms with Crippen LogP contribution < -0.4 is 5.56 Å². The van der Waals surface area contributed by atoms with Gasteiger partial charge in [0.1, 0.15) is 0 Å². The molecule has 2 aromatic rings. The van der Waals surface area contributed by atoms with Crippen LogP contribution in [0.2, 0.25) is 0 Å². The molecule has 1 aromatic heterocycles. The van der Waals surface area contributed by atoms with Crippen molar-refractivity contribution in [1.29, 1.82) is 0 Å². The maximum atomic E-state index is 12.6. The van der Waals surface area contributed by atoms with Gasteiger partial charge in [-0.05, 0) is 52.4 Å². The number of hydrogen-bond acceptors (Lipinski definition) is 1. The summed E-state index contributed by atoms with van der Waals surface area (Å²) in [6.07, 6.45) is -2.56. The van der Waals surface area contributed by atoms with Crippen LogP contribution in [0.1, 0.15) is 0 Å². The molecule has 0 aliphatic heterocycles. The summed E-state index contributed by atoms with van der Waals surface area (Å²) in [5, 5.41) is 0. The molecule has 0 saturated carbocycles. The van der Waals surface area contributed by atoms with Gasteiger partial charge in [0.2, 0.25) is 0 Å². The maximum Gasteiger partial charge on any atom is 0.264 e. The van der Waals surface area contributed by atoms with Crippen LogP contribution in [0.5, 0.6) is 0 Å². The first-order valence-electron chi connectivity index (χ1n) is 5.42. The van der Waals surface area contributed by atoms with Crippen molar-refractivity contribution in [2.24, 2.45) is 0 Å².